The van der Waals surface area contributed by atoms with E-state index in [1.54, 1.807) is 18.2 Å². The largest absolute Gasteiger partial charge is 0.399 e. The molecule has 0 aliphatic carbocycles. The number of hydrogen-bond donors (Lipinski definition) is 1. The van der Waals surface area contributed by atoms with Crippen LogP contribution < -0.4 is 10.6 Å². The van der Waals surface area contributed by atoms with Crippen LogP contribution in [-0.2, 0) is 4.79 Å². The Bertz CT molecular complexity index is 480. The molecule has 2 N–H and O–H groups in total. The summed E-state index contributed by atoms with van der Waals surface area (Å²) in [6.07, 6.45) is 6.38. The van der Waals surface area contributed by atoms with Gasteiger partial charge in [0.1, 0.15) is 0 Å². The van der Waals surface area contributed by atoms with Crippen LogP contribution in [-0.4, -0.2) is 12.8 Å². The van der Waals surface area contributed by atoms with Gasteiger partial charge in [-0.15, -0.1) is 0 Å². The van der Waals surface area contributed by atoms with Gasteiger partial charge in [0.15, 0.2) is 6.29 Å². The predicted molar refractivity (Wildman–Crippen MR) is 66.5 cm³/mol. The van der Waals surface area contributed by atoms with E-state index in [0.717, 1.165) is 12.0 Å². The highest BCUT2D eigenvalue weighted by atomic mass is 35.5. The van der Waals surface area contributed by atoms with Gasteiger partial charge in [-0.2, -0.15) is 0 Å². The summed E-state index contributed by atoms with van der Waals surface area (Å²) in [4.78, 5) is 12.8. The summed E-state index contributed by atoms with van der Waals surface area (Å²) in [7, 11) is 0. The van der Waals surface area contributed by atoms with E-state index >= 15 is 0 Å². The van der Waals surface area contributed by atoms with Crippen molar-refractivity contribution in [3.05, 3.63) is 47.1 Å². The number of allylic oxidation sites excluding steroid dienone is 3. The Morgan fingerprint density at radius 2 is 2.25 bits per heavy atom. The minimum absolute atomic E-state index is 0.544. The van der Waals surface area contributed by atoms with Crippen LogP contribution in [0.2, 0.25) is 5.02 Å². The van der Waals surface area contributed by atoms with Gasteiger partial charge in [0.25, 0.3) is 0 Å². The highest BCUT2D eigenvalue weighted by molar-refractivity contribution is 6.33. The first-order chi connectivity index (χ1) is 7.72. The molecule has 1 aliphatic rings. The molecule has 0 saturated heterocycles. The molecule has 3 nitrogen and oxygen atoms in total. The molecule has 0 aromatic heterocycles. The maximum Gasteiger partial charge on any atom is 0.166 e. The van der Waals surface area contributed by atoms with E-state index in [1.807, 2.05) is 23.1 Å². The number of carbonyl (C=O) groups excluding carboxylic acids is 1. The van der Waals surface area contributed by atoms with Crippen LogP contribution in [0, 0.1) is 0 Å². The molecule has 2 rings (SSSR count). The second-order valence-corrected chi connectivity index (χ2v) is 3.87. The smallest absolute Gasteiger partial charge is 0.166 e. The molecule has 4 heteroatoms. The number of benzene rings is 1. The molecular formula is C12H11ClN2O. The molecule has 1 heterocycles. The van der Waals surface area contributed by atoms with E-state index < -0.39 is 0 Å². The first-order valence-electron chi connectivity index (χ1n) is 4.87. The minimum Gasteiger partial charge on any atom is -0.399 e. The van der Waals surface area contributed by atoms with Crippen molar-refractivity contribution in [3.8, 4) is 0 Å². The third-order valence-electron chi connectivity index (χ3n) is 2.39. The Morgan fingerprint density at radius 3 is 2.94 bits per heavy atom. The van der Waals surface area contributed by atoms with Crippen molar-refractivity contribution in [2.75, 3.05) is 17.2 Å². The van der Waals surface area contributed by atoms with Crippen molar-refractivity contribution >= 4 is 29.3 Å². The first kappa shape index (κ1) is 10.8. The number of halogens is 1. The Kier molecular flexibility index (Phi) is 2.97. The third kappa shape index (κ3) is 1.95. The normalized spacial score (nSPS) is 14.8. The molecule has 16 heavy (non-hydrogen) atoms. The van der Waals surface area contributed by atoms with E-state index in [-0.39, 0.29) is 0 Å². The fourth-order valence-electron chi connectivity index (χ4n) is 1.61. The Hall–Kier alpha value is -1.74. The fourth-order valence-corrected chi connectivity index (χ4v) is 1.90. The van der Waals surface area contributed by atoms with Gasteiger partial charge in [0.2, 0.25) is 0 Å². The number of hydrogen-bond acceptors (Lipinski definition) is 3. The summed E-state index contributed by atoms with van der Waals surface area (Å²) < 4.78 is 0. The molecule has 0 spiro atoms. The highest BCUT2D eigenvalue weighted by Gasteiger charge is 2.14. The van der Waals surface area contributed by atoms with Gasteiger partial charge < -0.3 is 10.6 Å². The molecule has 0 amide bonds. The van der Waals surface area contributed by atoms with Gasteiger partial charge in [-0.3, -0.25) is 4.79 Å². The second kappa shape index (κ2) is 4.41. The molecule has 0 unspecified atom stereocenters. The average molecular weight is 235 g/mol. The number of carbonyl (C=O) groups is 1. The average Bonchev–Trinajstić information content (AvgIpc) is 2.29. The Balaban J connectivity index is 2.41. The maximum atomic E-state index is 10.9. The van der Waals surface area contributed by atoms with E-state index in [9.17, 15) is 4.79 Å². The predicted octanol–water partition coefficient (Wildman–Crippen LogP) is 2.38. The fraction of sp³-hybridized carbons (Fsp3) is 0.0833. The van der Waals surface area contributed by atoms with Gasteiger partial charge >= 0.3 is 0 Å². The molecular weight excluding hydrogens is 224 g/mol. The minimum atomic E-state index is 0.544. The van der Waals surface area contributed by atoms with Crippen LogP contribution in [0.1, 0.15) is 0 Å². The zero-order chi connectivity index (χ0) is 11.5. The summed E-state index contributed by atoms with van der Waals surface area (Å²) in [5.41, 5.74) is 7.61. The molecule has 0 saturated carbocycles. The zero-order valence-corrected chi connectivity index (χ0v) is 9.32. The van der Waals surface area contributed by atoms with Gasteiger partial charge in [0, 0.05) is 12.2 Å². The molecule has 82 valence electrons. The summed E-state index contributed by atoms with van der Waals surface area (Å²) in [6.45, 7) is 0.633. The topological polar surface area (TPSA) is 46.3 Å². The lowest BCUT2D eigenvalue weighted by atomic mass is 10.2. The monoisotopic (exact) mass is 234 g/mol. The Morgan fingerprint density at radius 1 is 1.44 bits per heavy atom. The number of anilines is 2. The molecule has 0 atom stereocenters. The van der Waals surface area contributed by atoms with E-state index in [0.29, 0.717) is 23.0 Å². The molecule has 1 aliphatic heterocycles. The van der Waals surface area contributed by atoms with Crippen LogP contribution in [0.25, 0.3) is 0 Å². The SMILES string of the molecule is Nc1ccc(N2CC=CC=C2C=O)c(Cl)c1. The van der Waals surface area contributed by atoms with Crippen molar-refractivity contribution in [3.63, 3.8) is 0 Å². The molecule has 0 fully saturated rings. The van der Waals surface area contributed by atoms with E-state index in [4.69, 9.17) is 17.3 Å². The van der Waals surface area contributed by atoms with Gasteiger partial charge in [-0.1, -0.05) is 23.8 Å². The molecule has 0 bridgehead atoms. The van der Waals surface area contributed by atoms with Crippen LogP contribution in [0.15, 0.2) is 42.1 Å². The standard InChI is InChI=1S/C12H11ClN2O/c13-11-7-9(14)4-5-12(11)15-6-2-1-3-10(15)8-16/h1-5,7-8H,6,14H2. The van der Waals surface area contributed by atoms with E-state index in [2.05, 4.69) is 0 Å². The van der Waals surface area contributed by atoms with Crippen LogP contribution in [0.5, 0.6) is 0 Å². The van der Waals surface area contributed by atoms with E-state index in [1.165, 1.54) is 0 Å². The quantitative estimate of drug-likeness (QED) is 0.631. The van der Waals surface area contributed by atoms with Crippen LogP contribution in [0.3, 0.4) is 0 Å². The maximum absolute atomic E-state index is 10.9. The number of nitrogen functional groups attached to an aromatic ring is 1. The zero-order valence-electron chi connectivity index (χ0n) is 8.56. The van der Waals surface area contributed by atoms with Crippen molar-refractivity contribution in [1.29, 1.82) is 0 Å². The van der Waals surface area contributed by atoms with Crippen LogP contribution in [0.4, 0.5) is 11.4 Å². The van der Waals surface area contributed by atoms with Gasteiger partial charge in [-0.25, -0.2) is 0 Å². The summed E-state index contributed by atoms with van der Waals surface area (Å²) >= 11 is 6.10. The first-order valence-corrected chi connectivity index (χ1v) is 5.25. The Labute approximate surface area is 98.8 Å². The van der Waals surface area contributed by atoms with Crippen molar-refractivity contribution in [1.82, 2.24) is 0 Å². The number of aldehydes is 1. The summed E-state index contributed by atoms with van der Waals surface area (Å²) in [5, 5.41) is 0.544. The van der Waals surface area contributed by atoms with Crippen molar-refractivity contribution < 1.29 is 4.79 Å². The number of rotatable bonds is 2. The lowest BCUT2D eigenvalue weighted by Gasteiger charge is -2.26. The lowest BCUT2D eigenvalue weighted by Crippen LogP contribution is -2.25. The van der Waals surface area contributed by atoms with Crippen molar-refractivity contribution in [2.45, 2.75) is 0 Å². The van der Waals surface area contributed by atoms with Crippen molar-refractivity contribution in [2.24, 2.45) is 0 Å². The molecule has 1 aromatic carbocycles. The van der Waals surface area contributed by atoms with Gasteiger partial charge in [0.05, 0.1) is 16.4 Å². The summed E-state index contributed by atoms with van der Waals surface area (Å²) in [6, 6.07) is 5.26. The number of nitrogens with two attached hydrogens (primary N) is 1. The second-order valence-electron chi connectivity index (χ2n) is 3.46. The molecule has 1 aromatic rings. The van der Waals surface area contributed by atoms with Crippen LogP contribution >= 0.6 is 11.6 Å². The van der Waals surface area contributed by atoms with Gasteiger partial charge in [-0.05, 0) is 24.3 Å². The molecule has 0 radical (unpaired) electrons. The summed E-state index contributed by atoms with van der Waals surface area (Å²) in [5.74, 6) is 0. The third-order valence-corrected chi connectivity index (χ3v) is 2.69. The number of nitrogens with zero attached hydrogens (tertiary/aromatic N) is 1. The highest BCUT2D eigenvalue weighted by Crippen LogP contribution is 2.30. The lowest BCUT2D eigenvalue weighted by molar-refractivity contribution is -0.105.